The number of hydrogen-bond acceptors (Lipinski definition) is 2. The summed E-state index contributed by atoms with van der Waals surface area (Å²) in [5.41, 5.74) is 4.40. The van der Waals surface area contributed by atoms with E-state index in [1.165, 1.54) is 5.56 Å². The first-order valence-corrected chi connectivity index (χ1v) is 9.32. The fraction of sp³-hybridized carbons (Fsp3) is 0.350. The molecule has 0 N–H and O–H groups in total. The predicted molar refractivity (Wildman–Crippen MR) is 108 cm³/mol. The lowest BCUT2D eigenvalue weighted by molar-refractivity contribution is -0.118. The average Bonchev–Trinajstić information content (AvgIpc) is 2.59. The summed E-state index contributed by atoms with van der Waals surface area (Å²) in [4.78, 5) is 13.8. The number of ether oxygens (including phenoxy) is 1. The van der Waals surface area contributed by atoms with Gasteiger partial charge in [-0.1, -0.05) is 32.0 Å². The van der Waals surface area contributed by atoms with Crippen molar-refractivity contribution in [2.75, 3.05) is 11.9 Å². The van der Waals surface area contributed by atoms with Crippen LogP contribution in [0.1, 0.15) is 37.0 Å². The van der Waals surface area contributed by atoms with Gasteiger partial charge in [0.2, 0.25) is 5.91 Å². The highest BCUT2D eigenvalue weighted by atomic mass is 127. The lowest BCUT2D eigenvalue weighted by Crippen LogP contribution is -2.26. The molecule has 0 heterocycles. The van der Waals surface area contributed by atoms with Gasteiger partial charge in [-0.05, 0) is 65.3 Å². The zero-order valence-corrected chi connectivity index (χ0v) is 16.9. The van der Waals surface area contributed by atoms with Gasteiger partial charge in [-0.2, -0.15) is 0 Å². The molecule has 0 aliphatic carbocycles. The van der Waals surface area contributed by atoms with Crippen LogP contribution in [0.3, 0.4) is 0 Å². The summed E-state index contributed by atoms with van der Waals surface area (Å²) >= 11 is 2.30. The van der Waals surface area contributed by atoms with Gasteiger partial charge in [-0.25, -0.2) is 0 Å². The fourth-order valence-electron chi connectivity index (χ4n) is 2.62. The first-order chi connectivity index (χ1) is 11.5. The van der Waals surface area contributed by atoms with Crippen LogP contribution in [0, 0.1) is 10.5 Å². The van der Waals surface area contributed by atoms with Crippen molar-refractivity contribution < 1.29 is 9.53 Å². The summed E-state index contributed by atoms with van der Waals surface area (Å²) in [6, 6.07) is 12.3. The van der Waals surface area contributed by atoms with Crippen molar-refractivity contribution >= 4 is 34.2 Å². The van der Waals surface area contributed by atoms with Crippen molar-refractivity contribution in [1.29, 1.82) is 0 Å². The number of halogens is 1. The highest BCUT2D eigenvalue weighted by Crippen LogP contribution is 2.28. The molecule has 0 radical (unpaired) electrons. The van der Waals surface area contributed by atoms with E-state index in [0.717, 1.165) is 32.6 Å². The van der Waals surface area contributed by atoms with Crippen LogP contribution in [0.5, 0.6) is 5.75 Å². The molecule has 1 amide bonds. The minimum Gasteiger partial charge on any atom is -0.489 e. The second-order valence-corrected chi connectivity index (χ2v) is 6.95. The molecular weight excluding hydrogens is 413 g/mol. The molecule has 0 aliphatic rings. The van der Waals surface area contributed by atoms with Crippen LogP contribution < -0.4 is 9.64 Å². The van der Waals surface area contributed by atoms with Crippen LogP contribution in [0.25, 0.3) is 0 Å². The smallest absolute Gasteiger partial charge is 0.226 e. The minimum atomic E-state index is 0.0988. The van der Waals surface area contributed by atoms with Crippen molar-refractivity contribution in [3.63, 3.8) is 0 Å². The average molecular weight is 437 g/mol. The van der Waals surface area contributed by atoms with E-state index in [1.54, 1.807) is 4.90 Å². The second kappa shape index (κ2) is 8.51. The summed E-state index contributed by atoms with van der Waals surface area (Å²) in [6.45, 7) is 6.54. The Morgan fingerprint density at radius 1 is 1.21 bits per heavy atom. The number of aryl methyl sites for hydroxylation is 2. The summed E-state index contributed by atoms with van der Waals surface area (Å²) < 4.78 is 7.17. The molecule has 128 valence electrons. The SMILES string of the molecule is CCC(=O)N(C)c1cccc(I)c1COc1ccc(CC)cc1C. The van der Waals surface area contributed by atoms with E-state index in [1.807, 2.05) is 38.2 Å². The number of amides is 1. The van der Waals surface area contributed by atoms with Crippen LogP contribution >= 0.6 is 22.6 Å². The maximum atomic E-state index is 12.1. The number of anilines is 1. The van der Waals surface area contributed by atoms with E-state index in [-0.39, 0.29) is 5.91 Å². The van der Waals surface area contributed by atoms with Crippen LogP contribution in [0.4, 0.5) is 5.69 Å². The Morgan fingerprint density at radius 2 is 1.96 bits per heavy atom. The van der Waals surface area contributed by atoms with E-state index in [4.69, 9.17) is 4.74 Å². The number of carbonyl (C=O) groups is 1. The molecule has 0 aliphatic heterocycles. The molecule has 0 bridgehead atoms. The molecule has 2 aromatic rings. The first kappa shape index (κ1) is 18.8. The second-order valence-electron chi connectivity index (χ2n) is 5.79. The largest absolute Gasteiger partial charge is 0.489 e. The topological polar surface area (TPSA) is 29.5 Å². The van der Waals surface area contributed by atoms with Gasteiger partial charge in [0, 0.05) is 22.6 Å². The van der Waals surface area contributed by atoms with Gasteiger partial charge < -0.3 is 9.64 Å². The number of rotatable bonds is 6. The van der Waals surface area contributed by atoms with E-state index in [9.17, 15) is 4.79 Å². The number of hydrogen-bond donors (Lipinski definition) is 0. The number of nitrogens with zero attached hydrogens (tertiary/aromatic N) is 1. The molecule has 0 aromatic heterocycles. The Bertz CT molecular complexity index is 728. The van der Waals surface area contributed by atoms with Crippen LogP contribution in [0.2, 0.25) is 0 Å². The summed E-state index contributed by atoms with van der Waals surface area (Å²) in [7, 11) is 1.82. The molecule has 0 saturated heterocycles. The molecule has 0 saturated carbocycles. The lowest BCUT2D eigenvalue weighted by Gasteiger charge is -2.22. The molecule has 0 spiro atoms. The van der Waals surface area contributed by atoms with Gasteiger partial charge in [0.05, 0.1) is 5.69 Å². The van der Waals surface area contributed by atoms with E-state index >= 15 is 0 Å². The quantitative estimate of drug-likeness (QED) is 0.588. The van der Waals surface area contributed by atoms with Gasteiger partial charge in [-0.3, -0.25) is 4.79 Å². The van der Waals surface area contributed by atoms with Crippen LogP contribution in [0.15, 0.2) is 36.4 Å². The molecule has 0 unspecified atom stereocenters. The minimum absolute atomic E-state index is 0.0988. The fourth-order valence-corrected chi connectivity index (χ4v) is 3.26. The van der Waals surface area contributed by atoms with E-state index < -0.39 is 0 Å². The third-order valence-corrected chi connectivity index (χ3v) is 5.16. The maximum Gasteiger partial charge on any atom is 0.226 e. The third kappa shape index (κ3) is 4.29. The van der Waals surface area contributed by atoms with Gasteiger partial charge in [0.1, 0.15) is 12.4 Å². The predicted octanol–water partition coefficient (Wildman–Crippen LogP) is 5.11. The van der Waals surface area contributed by atoms with Crippen molar-refractivity contribution in [3.8, 4) is 5.75 Å². The molecule has 2 aromatic carbocycles. The monoisotopic (exact) mass is 437 g/mol. The molecule has 0 fully saturated rings. The maximum absolute atomic E-state index is 12.1. The molecule has 4 heteroatoms. The van der Waals surface area contributed by atoms with Crippen molar-refractivity contribution in [2.45, 2.75) is 40.2 Å². The first-order valence-electron chi connectivity index (χ1n) is 8.24. The molecule has 24 heavy (non-hydrogen) atoms. The highest BCUT2D eigenvalue weighted by molar-refractivity contribution is 14.1. The van der Waals surface area contributed by atoms with Crippen molar-refractivity contribution in [3.05, 3.63) is 56.7 Å². The van der Waals surface area contributed by atoms with Gasteiger partial charge >= 0.3 is 0 Å². The Kier molecular flexibility index (Phi) is 6.66. The zero-order chi connectivity index (χ0) is 17.7. The Morgan fingerprint density at radius 3 is 2.58 bits per heavy atom. The normalized spacial score (nSPS) is 10.5. The Balaban J connectivity index is 2.25. The van der Waals surface area contributed by atoms with Gasteiger partial charge in [-0.15, -0.1) is 0 Å². The van der Waals surface area contributed by atoms with Crippen molar-refractivity contribution in [2.24, 2.45) is 0 Å². The lowest BCUT2D eigenvalue weighted by atomic mass is 10.1. The summed E-state index contributed by atoms with van der Waals surface area (Å²) in [5, 5.41) is 0. The van der Waals surface area contributed by atoms with E-state index in [0.29, 0.717) is 13.0 Å². The summed E-state index contributed by atoms with van der Waals surface area (Å²) in [5.74, 6) is 0.990. The molecule has 2 rings (SSSR count). The highest BCUT2D eigenvalue weighted by Gasteiger charge is 2.16. The Hall–Kier alpha value is -1.56. The molecule has 0 atom stereocenters. The molecular formula is C20H24INO2. The van der Waals surface area contributed by atoms with Crippen LogP contribution in [-0.2, 0) is 17.8 Å². The zero-order valence-electron chi connectivity index (χ0n) is 14.7. The van der Waals surface area contributed by atoms with Gasteiger partial charge in [0.15, 0.2) is 0 Å². The van der Waals surface area contributed by atoms with Crippen molar-refractivity contribution in [1.82, 2.24) is 0 Å². The third-order valence-electron chi connectivity index (χ3n) is 4.15. The standard InChI is InChI=1S/C20H24INO2/c1-5-15-10-11-19(14(3)12-15)24-13-16-17(21)8-7-9-18(16)22(4)20(23)6-2/h7-12H,5-6,13H2,1-4H3. The Labute approximate surface area is 158 Å². The number of benzene rings is 2. The molecule has 3 nitrogen and oxygen atoms in total. The van der Waals surface area contributed by atoms with E-state index in [2.05, 4.69) is 48.6 Å². The van der Waals surface area contributed by atoms with Gasteiger partial charge in [0.25, 0.3) is 0 Å². The number of carbonyl (C=O) groups excluding carboxylic acids is 1. The van der Waals surface area contributed by atoms with Crippen LogP contribution in [-0.4, -0.2) is 13.0 Å². The summed E-state index contributed by atoms with van der Waals surface area (Å²) in [6.07, 6.45) is 1.51.